The van der Waals surface area contributed by atoms with Crippen molar-refractivity contribution in [3.05, 3.63) is 40.1 Å². The van der Waals surface area contributed by atoms with E-state index in [-0.39, 0.29) is 0 Å². The topological polar surface area (TPSA) is 16.1 Å². The zero-order valence-corrected chi connectivity index (χ0v) is 13.2. The third-order valence-electron chi connectivity index (χ3n) is 4.53. The number of hydrogen-bond donors (Lipinski definition) is 0. The van der Waals surface area contributed by atoms with Crippen LogP contribution in [0.1, 0.15) is 34.9 Å². The van der Waals surface area contributed by atoms with Crippen LogP contribution < -0.4 is 0 Å². The Kier molecular flexibility index (Phi) is 3.70. The molecule has 1 aromatic heterocycles. The average molecular weight is 289 g/mol. The van der Waals surface area contributed by atoms with Crippen molar-refractivity contribution in [2.45, 2.75) is 39.6 Å². The fraction of sp³-hybridized carbons (Fsp3) is 0.471. The molecule has 2 nitrogen and oxygen atoms in total. The number of rotatable bonds is 2. The molecule has 0 N–H and O–H groups in total. The van der Waals surface area contributed by atoms with Crippen LogP contribution in [0.3, 0.4) is 0 Å². The largest absolute Gasteiger partial charge is 0.299 e. The monoisotopic (exact) mass is 288 g/mol. The normalized spacial score (nSPS) is 15.6. The highest BCUT2D eigenvalue weighted by atomic mass is 35.5. The van der Waals surface area contributed by atoms with Gasteiger partial charge in [0.15, 0.2) is 0 Å². The van der Waals surface area contributed by atoms with Crippen molar-refractivity contribution >= 4 is 22.5 Å². The maximum atomic E-state index is 6.28. The molecule has 106 valence electrons. The van der Waals surface area contributed by atoms with Crippen molar-refractivity contribution in [1.29, 1.82) is 0 Å². The van der Waals surface area contributed by atoms with Crippen molar-refractivity contribution < 1.29 is 0 Å². The van der Waals surface area contributed by atoms with Crippen molar-refractivity contribution in [3.63, 3.8) is 0 Å². The number of pyridine rings is 1. The summed E-state index contributed by atoms with van der Waals surface area (Å²) >= 11 is 6.28. The van der Waals surface area contributed by atoms with E-state index in [1.54, 1.807) is 0 Å². The van der Waals surface area contributed by atoms with Crippen LogP contribution in [0.15, 0.2) is 12.1 Å². The number of hydrogen-bond acceptors (Lipinski definition) is 2. The molecular weight excluding hydrogens is 268 g/mol. The van der Waals surface area contributed by atoms with Crippen molar-refractivity contribution in [1.82, 2.24) is 9.88 Å². The summed E-state index contributed by atoms with van der Waals surface area (Å²) in [5, 5.41) is 1.24. The van der Waals surface area contributed by atoms with Crippen LogP contribution in [0.4, 0.5) is 0 Å². The summed E-state index contributed by atoms with van der Waals surface area (Å²) in [5.41, 5.74) is 7.62. The molecule has 0 aliphatic carbocycles. The number of aryl methyl sites for hydroxylation is 2. The fourth-order valence-electron chi connectivity index (χ4n) is 3.07. The molecule has 1 aliphatic rings. The molecule has 3 rings (SSSR count). The first-order valence-corrected chi connectivity index (χ1v) is 7.87. The summed E-state index contributed by atoms with van der Waals surface area (Å²) in [6.07, 6.45) is 1.04. The van der Waals surface area contributed by atoms with Gasteiger partial charge in [0, 0.05) is 36.5 Å². The van der Waals surface area contributed by atoms with E-state index in [4.69, 9.17) is 16.6 Å². The lowest BCUT2D eigenvalue weighted by Gasteiger charge is -2.29. The Morgan fingerprint density at radius 3 is 2.70 bits per heavy atom. The predicted octanol–water partition coefficient (Wildman–Crippen LogP) is 3.97. The Morgan fingerprint density at radius 2 is 2.00 bits per heavy atom. The summed E-state index contributed by atoms with van der Waals surface area (Å²) in [7, 11) is 0. The highest BCUT2D eigenvalue weighted by molar-refractivity contribution is 6.18. The third kappa shape index (κ3) is 2.21. The van der Waals surface area contributed by atoms with Gasteiger partial charge in [0.25, 0.3) is 0 Å². The first kappa shape index (κ1) is 13.8. The Hall–Kier alpha value is -1.12. The lowest BCUT2D eigenvalue weighted by molar-refractivity contribution is 0.265. The minimum Gasteiger partial charge on any atom is -0.299 e. The van der Waals surface area contributed by atoms with E-state index >= 15 is 0 Å². The summed E-state index contributed by atoms with van der Waals surface area (Å²) in [6.45, 7) is 9.71. The highest BCUT2D eigenvalue weighted by Crippen LogP contribution is 2.30. The number of aromatic nitrogens is 1. The summed E-state index contributed by atoms with van der Waals surface area (Å²) < 4.78 is 0. The minimum absolute atomic E-state index is 0.571. The Labute approximate surface area is 125 Å². The standard InChI is InChI=1S/C17H21ClN2/c1-4-20-6-5-16-15(10-20)14(9-18)13-7-11(2)12(3)8-17(13)19-16/h7-8H,4-6,9-10H2,1-3H3. The lowest BCUT2D eigenvalue weighted by atomic mass is 9.95. The van der Waals surface area contributed by atoms with Crippen LogP contribution in [-0.2, 0) is 18.8 Å². The molecule has 1 aliphatic heterocycles. The second-order valence-electron chi connectivity index (χ2n) is 5.72. The number of likely N-dealkylation sites (N-methyl/N-ethyl adjacent to an activating group) is 1. The van der Waals surface area contributed by atoms with Gasteiger partial charge in [0.05, 0.1) is 5.52 Å². The fourth-order valence-corrected chi connectivity index (χ4v) is 3.37. The van der Waals surface area contributed by atoms with E-state index < -0.39 is 0 Å². The van der Waals surface area contributed by atoms with Gasteiger partial charge < -0.3 is 0 Å². The molecule has 2 heterocycles. The van der Waals surface area contributed by atoms with Gasteiger partial charge >= 0.3 is 0 Å². The number of alkyl halides is 1. The van der Waals surface area contributed by atoms with Gasteiger partial charge in [0.2, 0.25) is 0 Å². The van der Waals surface area contributed by atoms with Gasteiger partial charge in [-0.3, -0.25) is 9.88 Å². The van der Waals surface area contributed by atoms with Gasteiger partial charge in [-0.15, -0.1) is 11.6 Å². The quantitative estimate of drug-likeness (QED) is 0.778. The molecule has 3 heteroatoms. The minimum atomic E-state index is 0.571. The van der Waals surface area contributed by atoms with Gasteiger partial charge in [-0.25, -0.2) is 0 Å². The first-order chi connectivity index (χ1) is 9.63. The summed E-state index contributed by atoms with van der Waals surface area (Å²) in [6, 6.07) is 4.45. The number of benzene rings is 1. The van der Waals surface area contributed by atoms with E-state index in [9.17, 15) is 0 Å². The molecule has 2 aromatic rings. The smallest absolute Gasteiger partial charge is 0.0711 e. The van der Waals surface area contributed by atoms with Gasteiger partial charge in [-0.1, -0.05) is 6.92 Å². The molecule has 0 amide bonds. The lowest BCUT2D eigenvalue weighted by Crippen LogP contribution is -2.31. The maximum absolute atomic E-state index is 6.28. The van der Waals surface area contributed by atoms with E-state index in [0.717, 1.165) is 31.6 Å². The second-order valence-corrected chi connectivity index (χ2v) is 5.99. The van der Waals surface area contributed by atoms with Crippen molar-refractivity contribution in [2.75, 3.05) is 13.1 Å². The molecule has 0 atom stereocenters. The highest BCUT2D eigenvalue weighted by Gasteiger charge is 2.21. The van der Waals surface area contributed by atoms with Crippen molar-refractivity contribution in [2.24, 2.45) is 0 Å². The molecular formula is C17H21ClN2. The molecule has 0 spiro atoms. The summed E-state index contributed by atoms with van der Waals surface area (Å²) in [4.78, 5) is 7.37. The van der Waals surface area contributed by atoms with Crippen LogP contribution in [0.2, 0.25) is 0 Å². The Bertz CT molecular complexity index is 664. The van der Waals surface area contributed by atoms with Gasteiger partial charge in [-0.05, 0) is 54.8 Å². The molecule has 0 saturated carbocycles. The second kappa shape index (κ2) is 5.34. The van der Waals surface area contributed by atoms with Crippen LogP contribution >= 0.6 is 11.6 Å². The van der Waals surface area contributed by atoms with Crippen LogP contribution in [-0.4, -0.2) is 23.0 Å². The van der Waals surface area contributed by atoms with E-state index in [0.29, 0.717) is 5.88 Å². The number of nitrogens with zero attached hydrogens (tertiary/aromatic N) is 2. The third-order valence-corrected chi connectivity index (χ3v) is 4.80. The summed E-state index contributed by atoms with van der Waals surface area (Å²) in [5.74, 6) is 0.571. The Balaban J connectivity index is 2.25. The van der Waals surface area contributed by atoms with E-state index in [1.807, 2.05) is 0 Å². The van der Waals surface area contributed by atoms with E-state index in [2.05, 4.69) is 37.8 Å². The van der Waals surface area contributed by atoms with Gasteiger partial charge in [0.1, 0.15) is 0 Å². The molecule has 0 bridgehead atoms. The van der Waals surface area contributed by atoms with Crippen LogP contribution in [0.5, 0.6) is 0 Å². The molecule has 20 heavy (non-hydrogen) atoms. The Morgan fingerprint density at radius 1 is 1.25 bits per heavy atom. The van der Waals surface area contributed by atoms with E-state index in [1.165, 1.54) is 33.3 Å². The van der Waals surface area contributed by atoms with Crippen molar-refractivity contribution in [3.8, 4) is 0 Å². The molecule has 0 radical (unpaired) electrons. The predicted molar refractivity (Wildman–Crippen MR) is 85.4 cm³/mol. The number of fused-ring (bicyclic) bond motifs is 2. The first-order valence-electron chi connectivity index (χ1n) is 7.34. The zero-order chi connectivity index (χ0) is 14.3. The number of halogens is 1. The molecule has 0 unspecified atom stereocenters. The maximum Gasteiger partial charge on any atom is 0.0711 e. The molecule has 1 aromatic carbocycles. The SMILES string of the molecule is CCN1CCc2nc3cc(C)c(C)cc3c(CCl)c2C1. The van der Waals surface area contributed by atoms with Crippen LogP contribution in [0.25, 0.3) is 10.9 Å². The molecule has 0 fully saturated rings. The average Bonchev–Trinajstić information content (AvgIpc) is 2.46. The van der Waals surface area contributed by atoms with Crippen LogP contribution in [0, 0.1) is 13.8 Å². The zero-order valence-electron chi connectivity index (χ0n) is 12.5. The van der Waals surface area contributed by atoms with Gasteiger partial charge in [-0.2, -0.15) is 0 Å². The molecule has 0 saturated heterocycles.